The molecule has 160 valence electrons. The van der Waals surface area contributed by atoms with E-state index in [9.17, 15) is 8.42 Å². The van der Waals surface area contributed by atoms with E-state index in [4.69, 9.17) is 12.2 Å². The summed E-state index contributed by atoms with van der Waals surface area (Å²) in [6.45, 7) is 2.31. The zero-order chi connectivity index (χ0) is 21.4. The lowest BCUT2D eigenvalue weighted by atomic mass is 10.3. The molecule has 2 aromatic heterocycles. The average Bonchev–Trinajstić information content (AvgIpc) is 3.41. The molecule has 0 radical (unpaired) electrons. The van der Waals surface area contributed by atoms with E-state index in [0.717, 1.165) is 17.4 Å². The second kappa shape index (κ2) is 8.16. The third kappa shape index (κ3) is 3.78. The van der Waals surface area contributed by atoms with Gasteiger partial charge < -0.3 is 0 Å². The van der Waals surface area contributed by atoms with Crippen LogP contribution in [0.1, 0.15) is 0 Å². The average molecular weight is 475 g/mol. The number of hydrogen-bond acceptors (Lipinski definition) is 9. The summed E-state index contributed by atoms with van der Waals surface area (Å²) in [5.41, 5.74) is 1.87. The van der Waals surface area contributed by atoms with E-state index < -0.39 is 10.0 Å². The smallest absolute Gasteiger partial charge is 0.245 e. The summed E-state index contributed by atoms with van der Waals surface area (Å²) in [7, 11) is -3.64. The molecule has 0 spiro atoms. The molecule has 0 aliphatic carbocycles. The highest BCUT2D eigenvalue weighted by Crippen LogP contribution is 2.25. The minimum absolute atomic E-state index is 0.209. The lowest BCUT2D eigenvalue weighted by molar-refractivity contribution is 0.144. The summed E-state index contributed by atoms with van der Waals surface area (Å²) >= 11 is 6.53. The van der Waals surface area contributed by atoms with Crippen LogP contribution in [-0.4, -0.2) is 72.3 Å². The lowest BCUT2D eigenvalue weighted by Gasteiger charge is -2.33. The van der Waals surface area contributed by atoms with Crippen molar-refractivity contribution in [3.05, 3.63) is 53.3 Å². The van der Waals surface area contributed by atoms with Crippen LogP contribution in [0, 0.1) is 4.77 Å². The standard InChI is InChI=1S/C18H18N8O2S3/c27-31(28,16-8-4-7-15-17(16)20-30-19-15)24-11-9-23(10-12-24)13-25-18(29)26(22-21-25)14-5-2-1-3-6-14/h1-8H,9-13H2. The summed E-state index contributed by atoms with van der Waals surface area (Å²) in [6, 6.07) is 14.6. The largest absolute Gasteiger partial charge is 0.282 e. The molecule has 0 amide bonds. The fourth-order valence-corrected chi connectivity index (χ4v) is 5.93. The van der Waals surface area contributed by atoms with Crippen LogP contribution in [0.15, 0.2) is 53.4 Å². The molecule has 31 heavy (non-hydrogen) atoms. The molecule has 5 rings (SSSR count). The number of piperazine rings is 1. The molecule has 0 bridgehead atoms. The first-order valence-corrected chi connectivity index (χ1v) is 12.1. The molecule has 13 heteroatoms. The number of para-hydroxylation sites is 1. The maximum absolute atomic E-state index is 13.2. The molecule has 10 nitrogen and oxygen atoms in total. The third-order valence-electron chi connectivity index (χ3n) is 5.17. The molecule has 1 fully saturated rings. The van der Waals surface area contributed by atoms with Gasteiger partial charge in [0.2, 0.25) is 14.8 Å². The SMILES string of the molecule is O=S(=O)(c1cccc2nsnc12)N1CCN(Cn2nnn(-c3ccccc3)c2=S)CC1. The quantitative estimate of drug-likeness (QED) is 0.403. The van der Waals surface area contributed by atoms with Crippen molar-refractivity contribution in [1.29, 1.82) is 0 Å². The van der Waals surface area contributed by atoms with Crippen molar-refractivity contribution in [3.63, 3.8) is 0 Å². The van der Waals surface area contributed by atoms with Crippen LogP contribution in [0.25, 0.3) is 16.7 Å². The Morgan fingerprint density at radius 3 is 2.48 bits per heavy atom. The maximum Gasteiger partial charge on any atom is 0.245 e. The van der Waals surface area contributed by atoms with Gasteiger partial charge in [0.15, 0.2) is 0 Å². The van der Waals surface area contributed by atoms with Gasteiger partial charge in [-0.15, -0.1) is 0 Å². The first-order valence-electron chi connectivity index (χ1n) is 9.56. The highest BCUT2D eigenvalue weighted by molar-refractivity contribution is 7.89. The molecule has 0 N–H and O–H groups in total. The summed E-state index contributed by atoms with van der Waals surface area (Å²) in [6.07, 6.45) is 0. The van der Waals surface area contributed by atoms with Crippen molar-refractivity contribution in [3.8, 4) is 5.69 Å². The Morgan fingerprint density at radius 2 is 1.71 bits per heavy atom. The van der Waals surface area contributed by atoms with Gasteiger partial charge in [-0.25, -0.2) is 13.1 Å². The molecule has 3 heterocycles. The first kappa shape index (κ1) is 20.3. The van der Waals surface area contributed by atoms with Crippen molar-refractivity contribution >= 4 is 45.0 Å². The Morgan fingerprint density at radius 1 is 0.935 bits per heavy atom. The van der Waals surface area contributed by atoms with E-state index in [1.807, 2.05) is 30.3 Å². The highest BCUT2D eigenvalue weighted by Gasteiger charge is 2.30. The Bertz CT molecular complexity index is 1370. The topological polar surface area (TPSA) is 102 Å². The Balaban J connectivity index is 1.29. The number of benzene rings is 2. The van der Waals surface area contributed by atoms with Crippen LogP contribution >= 0.6 is 23.9 Å². The predicted octanol–water partition coefficient (Wildman–Crippen LogP) is 1.77. The van der Waals surface area contributed by atoms with Gasteiger partial charge in [-0.05, 0) is 46.9 Å². The lowest BCUT2D eigenvalue weighted by Crippen LogP contribution is -2.49. The highest BCUT2D eigenvalue weighted by atomic mass is 32.2. The number of hydrogen-bond donors (Lipinski definition) is 0. The summed E-state index contributed by atoms with van der Waals surface area (Å²) in [5.74, 6) is 0. The van der Waals surface area contributed by atoms with Gasteiger partial charge in [0.1, 0.15) is 15.9 Å². The minimum atomic E-state index is -3.64. The van der Waals surface area contributed by atoms with E-state index >= 15 is 0 Å². The fraction of sp³-hybridized carbons (Fsp3) is 0.278. The monoisotopic (exact) mass is 474 g/mol. The van der Waals surface area contributed by atoms with Crippen LogP contribution in [0.4, 0.5) is 0 Å². The van der Waals surface area contributed by atoms with Crippen molar-refractivity contribution in [1.82, 2.24) is 37.7 Å². The number of aromatic nitrogens is 6. The van der Waals surface area contributed by atoms with Gasteiger partial charge in [0.25, 0.3) is 0 Å². The van der Waals surface area contributed by atoms with Crippen LogP contribution in [0.3, 0.4) is 0 Å². The molecule has 1 aliphatic rings. The van der Waals surface area contributed by atoms with Gasteiger partial charge in [-0.3, -0.25) is 4.90 Å². The third-order valence-corrected chi connectivity index (χ3v) is 8.03. The van der Waals surface area contributed by atoms with Crippen LogP contribution < -0.4 is 0 Å². The molecule has 0 saturated carbocycles. The summed E-state index contributed by atoms with van der Waals surface area (Å²) < 4.78 is 39.9. The molecule has 4 aromatic rings. The number of tetrazole rings is 1. The first-order chi connectivity index (χ1) is 15.0. The van der Waals surface area contributed by atoms with Crippen molar-refractivity contribution in [2.24, 2.45) is 0 Å². The number of sulfonamides is 1. The van der Waals surface area contributed by atoms with E-state index in [2.05, 4.69) is 24.1 Å². The zero-order valence-electron chi connectivity index (χ0n) is 16.3. The Labute approximate surface area is 187 Å². The number of nitrogens with zero attached hydrogens (tertiary/aromatic N) is 8. The Hall–Kier alpha value is -2.58. The number of fused-ring (bicyclic) bond motifs is 1. The normalized spacial score (nSPS) is 16.1. The number of rotatable bonds is 5. The molecule has 0 atom stereocenters. The molecular formula is C18H18N8O2S3. The van der Waals surface area contributed by atoms with Gasteiger partial charge in [-0.1, -0.05) is 24.3 Å². The molecule has 0 unspecified atom stereocenters. The van der Waals surface area contributed by atoms with Crippen molar-refractivity contribution in [2.45, 2.75) is 11.6 Å². The van der Waals surface area contributed by atoms with E-state index in [0.29, 0.717) is 48.7 Å². The van der Waals surface area contributed by atoms with E-state index in [1.54, 1.807) is 27.6 Å². The molecule has 1 aliphatic heterocycles. The van der Waals surface area contributed by atoms with Crippen molar-refractivity contribution < 1.29 is 8.42 Å². The van der Waals surface area contributed by atoms with Gasteiger partial charge in [-0.2, -0.15) is 17.7 Å². The Kier molecular flexibility index (Phi) is 5.35. The minimum Gasteiger partial charge on any atom is -0.282 e. The van der Waals surface area contributed by atoms with E-state index in [1.165, 1.54) is 4.31 Å². The van der Waals surface area contributed by atoms with Gasteiger partial charge >= 0.3 is 0 Å². The second-order valence-electron chi connectivity index (χ2n) is 7.06. The van der Waals surface area contributed by atoms with Gasteiger partial charge in [0.05, 0.1) is 24.1 Å². The molecule has 1 saturated heterocycles. The van der Waals surface area contributed by atoms with Crippen LogP contribution in [0.5, 0.6) is 0 Å². The summed E-state index contributed by atoms with van der Waals surface area (Å²) in [4.78, 5) is 2.32. The second-order valence-corrected chi connectivity index (χ2v) is 9.86. The zero-order valence-corrected chi connectivity index (χ0v) is 18.7. The maximum atomic E-state index is 13.2. The fourth-order valence-electron chi connectivity index (χ4n) is 3.52. The van der Waals surface area contributed by atoms with E-state index in [-0.39, 0.29) is 4.90 Å². The predicted molar refractivity (Wildman–Crippen MR) is 118 cm³/mol. The van der Waals surface area contributed by atoms with Crippen LogP contribution in [-0.2, 0) is 16.7 Å². The summed E-state index contributed by atoms with van der Waals surface area (Å²) in [5, 5.41) is 8.32. The van der Waals surface area contributed by atoms with Gasteiger partial charge in [0, 0.05) is 26.2 Å². The molecule has 2 aromatic carbocycles. The van der Waals surface area contributed by atoms with Crippen molar-refractivity contribution in [2.75, 3.05) is 26.2 Å². The van der Waals surface area contributed by atoms with Crippen LogP contribution in [0.2, 0.25) is 0 Å². The molecular weight excluding hydrogens is 456 g/mol.